The van der Waals surface area contributed by atoms with E-state index in [1.807, 2.05) is 0 Å². The van der Waals surface area contributed by atoms with Crippen LogP contribution in [0.5, 0.6) is 0 Å². The van der Waals surface area contributed by atoms with Crippen LogP contribution in [0.3, 0.4) is 0 Å². The zero-order valence-electron chi connectivity index (χ0n) is 14.9. The first kappa shape index (κ1) is 15.4. The molecule has 0 amide bonds. The molecule has 0 spiro atoms. The Kier molecular flexibility index (Phi) is 3.41. The fourth-order valence-electron chi connectivity index (χ4n) is 5.99. The van der Waals surface area contributed by atoms with Crippen molar-refractivity contribution in [3.8, 4) is 0 Å². The Morgan fingerprint density at radius 2 is 2.04 bits per heavy atom. The summed E-state index contributed by atoms with van der Waals surface area (Å²) in [5.74, 6) is 0.811. The first-order chi connectivity index (χ1) is 11.6. The molecule has 132 valence electrons. The topological polar surface area (TPSA) is 42.1 Å². The number of fused-ring (bicyclic) bond motifs is 5. The van der Waals surface area contributed by atoms with E-state index in [0.29, 0.717) is 17.9 Å². The molecule has 5 rings (SSSR count). The van der Waals surface area contributed by atoms with Crippen LogP contribution in [0, 0.1) is 17.8 Å². The highest BCUT2D eigenvalue weighted by atomic mass is 16.6. The van der Waals surface area contributed by atoms with Crippen LogP contribution < -0.4 is 0 Å². The van der Waals surface area contributed by atoms with Gasteiger partial charge in [-0.15, -0.1) is 0 Å². The highest BCUT2D eigenvalue weighted by Gasteiger charge is 2.69. The third kappa shape index (κ3) is 2.15. The van der Waals surface area contributed by atoms with Crippen LogP contribution in [0.25, 0.3) is 0 Å². The predicted molar refractivity (Wildman–Crippen MR) is 90.5 cm³/mol. The lowest BCUT2D eigenvalue weighted by Gasteiger charge is -2.31. The Morgan fingerprint density at radius 1 is 1.25 bits per heavy atom. The van der Waals surface area contributed by atoms with Gasteiger partial charge in [0.15, 0.2) is 0 Å². The summed E-state index contributed by atoms with van der Waals surface area (Å²) in [4.78, 5) is 15.2. The molecule has 6 atom stereocenters. The normalized spacial score (nSPS) is 47.8. The summed E-state index contributed by atoms with van der Waals surface area (Å²) in [7, 11) is 0. The average Bonchev–Trinajstić information content (AvgIpc) is 3.05. The van der Waals surface area contributed by atoms with Crippen molar-refractivity contribution in [2.24, 2.45) is 17.8 Å². The summed E-state index contributed by atoms with van der Waals surface area (Å²) in [6.07, 6.45) is 7.59. The molecule has 4 fully saturated rings. The SMILES string of the molecule is CC1=C2C[C@H]3O[C@@]3(C)[C@@H]2[C@H]2OC(=O)[C@@H](CN3CCCCC3)[C@@H]2CC1. The summed E-state index contributed by atoms with van der Waals surface area (Å²) in [5, 5.41) is 0. The number of hydrogen-bond donors (Lipinski definition) is 0. The number of carbonyl (C=O) groups is 1. The monoisotopic (exact) mass is 331 g/mol. The predicted octanol–water partition coefficient (Wildman–Crippen LogP) is 2.92. The zero-order chi connectivity index (χ0) is 16.5. The third-order valence-electron chi connectivity index (χ3n) is 7.50. The maximum absolute atomic E-state index is 12.7. The molecule has 24 heavy (non-hydrogen) atoms. The van der Waals surface area contributed by atoms with Crippen LogP contribution in [-0.4, -0.2) is 48.3 Å². The van der Waals surface area contributed by atoms with Gasteiger partial charge in [-0.25, -0.2) is 0 Å². The number of likely N-dealkylation sites (tertiary alicyclic amines) is 1. The van der Waals surface area contributed by atoms with E-state index in [2.05, 4.69) is 18.7 Å². The van der Waals surface area contributed by atoms with Crippen molar-refractivity contribution in [1.82, 2.24) is 4.90 Å². The Balaban J connectivity index is 1.41. The molecule has 0 aromatic rings. The minimum absolute atomic E-state index is 0.0530. The molecule has 3 aliphatic heterocycles. The van der Waals surface area contributed by atoms with E-state index in [1.54, 1.807) is 11.1 Å². The van der Waals surface area contributed by atoms with E-state index in [1.165, 1.54) is 19.3 Å². The second kappa shape index (κ2) is 5.31. The second-order valence-corrected chi connectivity index (χ2v) is 8.85. The van der Waals surface area contributed by atoms with Crippen LogP contribution in [0.1, 0.15) is 52.4 Å². The number of nitrogens with zero attached hydrogens (tertiary/aromatic N) is 1. The third-order valence-corrected chi connectivity index (χ3v) is 7.50. The maximum Gasteiger partial charge on any atom is 0.310 e. The summed E-state index contributed by atoms with van der Waals surface area (Å²) in [6.45, 7) is 7.73. The van der Waals surface area contributed by atoms with Gasteiger partial charge in [-0.3, -0.25) is 4.79 Å². The Hall–Kier alpha value is -0.870. The lowest BCUT2D eigenvalue weighted by molar-refractivity contribution is -0.146. The van der Waals surface area contributed by atoms with Gasteiger partial charge in [0.25, 0.3) is 0 Å². The van der Waals surface area contributed by atoms with Crippen molar-refractivity contribution in [2.45, 2.75) is 70.2 Å². The molecule has 5 aliphatic rings. The van der Waals surface area contributed by atoms with Crippen molar-refractivity contribution in [2.75, 3.05) is 19.6 Å². The van der Waals surface area contributed by atoms with Gasteiger partial charge in [0, 0.05) is 18.4 Å². The number of piperidine rings is 1. The fourth-order valence-corrected chi connectivity index (χ4v) is 5.99. The van der Waals surface area contributed by atoms with E-state index in [-0.39, 0.29) is 23.6 Å². The minimum atomic E-state index is -0.0653. The zero-order valence-corrected chi connectivity index (χ0v) is 14.9. The van der Waals surface area contributed by atoms with E-state index in [4.69, 9.17) is 9.47 Å². The van der Waals surface area contributed by atoms with E-state index >= 15 is 0 Å². The molecule has 2 aliphatic carbocycles. The van der Waals surface area contributed by atoms with Crippen LogP contribution >= 0.6 is 0 Å². The van der Waals surface area contributed by atoms with Gasteiger partial charge in [0.2, 0.25) is 0 Å². The average molecular weight is 331 g/mol. The number of allylic oxidation sites excluding steroid dienone is 1. The van der Waals surface area contributed by atoms with Gasteiger partial charge in [-0.1, -0.05) is 17.6 Å². The van der Waals surface area contributed by atoms with Gasteiger partial charge in [0.05, 0.1) is 12.0 Å². The minimum Gasteiger partial charge on any atom is -0.461 e. The quantitative estimate of drug-likeness (QED) is 0.443. The van der Waals surface area contributed by atoms with Crippen LogP contribution in [-0.2, 0) is 14.3 Å². The smallest absolute Gasteiger partial charge is 0.310 e. The van der Waals surface area contributed by atoms with E-state index in [0.717, 1.165) is 38.9 Å². The van der Waals surface area contributed by atoms with E-state index < -0.39 is 0 Å². The van der Waals surface area contributed by atoms with Crippen molar-refractivity contribution < 1.29 is 14.3 Å². The van der Waals surface area contributed by atoms with Crippen LogP contribution in [0.15, 0.2) is 11.1 Å². The van der Waals surface area contributed by atoms with Gasteiger partial charge >= 0.3 is 5.97 Å². The van der Waals surface area contributed by atoms with Crippen LogP contribution in [0.2, 0.25) is 0 Å². The lowest BCUT2D eigenvalue weighted by atomic mass is 9.78. The molecular weight excluding hydrogens is 302 g/mol. The van der Waals surface area contributed by atoms with Crippen molar-refractivity contribution in [3.05, 3.63) is 11.1 Å². The van der Waals surface area contributed by atoms with Crippen molar-refractivity contribution >= 4 is 5.97 Å². The molecule has 0 N–H and O–H groups in total. The Morgan fingerprint density at radius 3 is 2.83 bits per heavy atom. The molecule has 0 bridgehead atoms. The van der Waals surface area contributed by atoms with E-state index in [9.17, 15) is 4.79 Å². The maximum atomic E-state index is 12.7. The van der Waals surface area contributed by atoms with Crippen molar-refractivity contribution in [3.63, 3.8) is 0 Å². The first-order valence-corrected chi connectivity index (χ1v) is 9.87. The van der Waals surface area contributed by atoms with Gasteiger partial charge in [-0.05, 0) is 59.0 Å². The molecule has 0 aromatic carbocycles. The molecule has 3 saturated heterocycles. The fraction of sp³-hybridized carbons (Fsp3) is 0.850. The number of hydrogen-bond acceptors (Lipinski definition) is 4. The standard InChI is InChI=1S/C20H29NO3/c1-12-6-7-13-15(11-21-8-4-3-5-9-21)19(22)23-18(13)17-14(12)10-16-20(17,2)24-16/h13,15-18H,3-11H2,1-2H3/t13-,15-,16+,17-,18-,20+/m0/s1. The largest absolute Gasteiger partial charge is 0.461 e. The molecular formula is C20H29NO3. The first-order valence-electron chi connectivity index (χ1n) is 9.87. The van der Waals surface area contributed by atoms with Crippen molar-refractivity contribution in [1.29, 1.82) is 0 Å². The molecule has 4 heteroatoms. The highest BCUT2D eigenvalue weighted by molar-refractivity contribution is 5.76. The lowest BCUT2D eigenvalue weighted by Crippen LogP contribution is -2.40. The second-order valence-electron chi connectivity index (χ2n) is 8.85. The van der Waals surface area contributed by atoms with Crippen LogP contribution in [0.4, 0.5) is 0 Å². The highest BCUT2D eigenvalue weighted by Crippen LogP contribution is 2.62. The van der Waals surface area contributed by atoms with Gasteiger partial charge in [-0.2, -0.15) is 0 Å². The number of epoxide rings is 1. The molecule has 4 nitrogen and oxygen atoms in total. The molecule has 0 aromatic heterocycles. The molecule has 0 unspecified atom stereocenters. The van der Waals surface area contributed by atoms with Gasteiger partial charge < -0.3 is 14.4 Å². The summed E-state index contributed by atoms with van der Waals surface area (Å²) in [5.41, 5.74) is 3.02. The number of carbonyl (C=O) groups excluding carboxylic acids is 1. The Labute approximate surface area is 144 Å². The molecule has 1 saturated carbocycles. The number of esters is 1. The number of rotatable bonds is 2. The van der Waals surface area contributed by atoms with Gasteiger partial charge in [0.1, 0.15) is 11.7 Å². The molecule has 0 radical (unpaired) electrons. The summed E-state index contributed by atoms with van der Waals surface area (Å²) >= 11 is 0. The summed E-state index contributed by atoms with van der Waals surface area (Å²) in [6, 6.07) is 0. The number of ether oxygens (including phenoxy) is 2. The molecule has 3 heterocycles. The Bertz CT molecular complexity index is 594. The summed E-state index contributed by atoms with van der Waals surface area (Å²) < 4.78 is 12.1.